The molecule has 1 aromatic rings. The molecule has 4 heteroatoms. The number of rotatable bonds is 5. The molecular weight excluding hydrogens is 268 g/mol. The molecule has 2 fully saturated rings. The van der Waals surface area contributed by atoms with E-state index < -0.39 is 0 Å². The fraction of sp³-hybridized carbons (Fsp3) is 0.562. The van der Waals surface area contributed by atoms with Gasteiger partial charge in [0.05, 0.1) is 12.1 Å². The number of ether oxygens (including phenoxy) is 1. The molecule has 1 aliphatic heterocycles. The summed E-state index contributed by atoms with van der Waals surface area (Å²) in [6.45, 7) is 0.802. The molecule has 3 nitrogen and oxygen atoms in total. The lowest BCUT2D eigenvalue weighted by atomic mass is 9.80. The second-order valence-corrected chi connectivity index (χ2v) is 6.71. The van der Waals surface area contributed by atoms with Crippen LogP contribution in [0.3, 0.4) is 0 Å². The van der Waals surface area contributed by atoms with E-state index >= 15 is 0 Å². The van der Waals surface area contributed by atoms with Crippen molar-refractivity contribution in [3.63, 3.8) is 0 Å². The first-order chi connectivity index (χ1) is 9.80. The van der Waals surface area contributed by atoms with Gasteiger partial charge in [-0.15, -0.1) is 0 Å². The molecular formula is C16H22N2OS. The van der Waals surface area contributed by atoms with Crippen LogP contribution < -0.4 is 5.32 Å². The predicted molar refractivity (Wildman–Crippen MR) is 85.4 cm³/mol. The van der Waals surface area contributed by atoms with Gasteiger partial charge in [0.15, 0.2) is 5.17 Å². The highest BCUT2D eigenvalue weighted by Gasteiger charge is 2.37. The van der Waals surface area contributed by atoms with Gasteiger partial charge in [0.25, 0.3) is 0 Å². The Bertz CT molecular complexity index is 465. The molecule has 0 spiro atoms. The van der Waals surface area contributed by atoms with Gasteiger partial charge in [0, 0.05) is 18.9 Å². The lowest BCUT2D eigenvalue weighted by Gasteiger charge is -2.39. The molecule has 108 valence electrons. The number of aliphatic imine (C=N–C) groups is 1. The van der Waals surface area contributed by atoms with Crippen molar-refractivity contribution in [2.24, 2.45) is 4.99 Å². The lowest BCUT2D eigenvalue weighted by molar-refractivity contribution is -0.0629. The first-order valence-corrected chi connectivity index (χ1v) is 8.31. The molecule has 1 atom stereocenters. The summed E-state index contributed by atoms with van der Waals surface area (Å²) in [7, 11) is 1.81. The molecule has 1 heterocycles. The summed E-state index contributed by atoms with van der Waals surface area (Å²) >= 11 is 1.84. The Morgan fingerprint density at radius 2 is 2.15 bits per heavy atom. The van der Waals surface area contributed by atoms with Gasteiger partial charge in [0.2, 0.25) is 0 Å². The quantitative estimate of drug-likeness (QED) is 0.905. The molecule has 0 bridgehead atoms. The average molecular weight is 290 g/mol. The Morgan fingerprint density at radius 1 is 1.35 bits per heavy atom. The van der Waals surface area contributed by atoms with E-state index in [1.165, 1.54) is 12.0 Å². The zero-order valence-electron chi connectivity index (χ0n) is 12.0. The number of hydrogen-bond acceptors (Lipinski definition) is 3. The van der Waals surface area contributed by atoms with Gasteiger partial charge in [-0.2, -0.15) is 0 Å². The maximum Gasteiger partial charge on any atom is 0.156 e. The Labute approximate surface area is 125 Å². The Hall–Kier alpha value is -1.00. The van der Waals surface area contributed by atoms with Crippen LogP contribution in [0.5, 0.6) is 0 Å². The van der Waals surface area contributed by atoms with E-state index in [2.05, 4.69) is 35.6 Å². The molecule has 3 rings (SSSR count). The summed E-state index contributed by atoms with van der Waals surface area (Å²) < 4.78 is 5.61. The SMILES string of the molecule is COC1(CN=C2NC(Cc3ccccc3)CS2)CCC1. The number of hydrogen-bond donors (Lipinski definition) is 1. The van der Waals surface area contributed by atoms with Crippen molar-refractivity contribution < 1.29 is 4.74 Å². The second-order valence-electron chi connectivity index (χ2n) is 5.70. The summed E-state index contributed by atoms with van der Waals surface area (Å²) in [5.41, 5.74) is 1.42. The van der Waals surface area contributed by atoms with Crippen LogP contribution in [0.2, 0.25) is 0 Å². The van der Waals surface area contributed by atoms with Crippen LogP contribution in [0.15, 0.2) is 35.3 Å². The Morgan fingerprint density at radius 3 is 2.80 bits per heavy atom. The van der Waals surface area contributed by atoms with E-state index in [4.69, 9.17) is 9.73 Å². The summed E-state index contributed by atoms with van der Waals surface area (Å²) in [5, 5.41) is 4.63. The number of amidine groups is 1. The van der Waals surface area contributed by atoms with Gasteiger partial charge >= 0.3 is 0 Å². The maximum atomic E-state index is 5.61. The van der Waals surface area contributed by atoms with Gasteiger partial charge in [-0.3, -0.25) is 4.99 Å². The Kier molecular flexibility index (Phi) is 4.32. The molecule has 1 aliphatic carbocycles. The third-order valence-corrected chi connectivity index (χ3v) is 5.37. The van der Waals surface area contributed by atoms with Gasteiger partial charge in [-0.1, -0.05) is 42.1 Å². The smallest absolute Gasteiger partial charge is 0.156 e. The highest BCUT2D eigenvalue weighted by atomic mass is 32.2. The van der Waals surface area contributed by atoms with E-state index in [9.17, 15) is 0 Å². The molecule has 0 amide bonds. The number of benzene rings is 1. The largest absolute Gasteiger partial charge is 0.376 e. The minimum absolute atomic E-state index is 0.0345. The zero-order valence-corrected chi connectivity index (χ0v) is 12.8. The molecule has 1 saturated heterocycles. The molecule has 1 unspecified atom stereocenters. The molecule has 1 N–H and O–H groups in total. The van der Waals surface area contributed by atoms with Crippen molar-refractivity contribution in [2.45, 2.75) is 37.3 Å². The fourth-order valence-corrected chi connectivity index (χ4v) is 3.72. The first kappa shape index (κ1) is 14.0. The molecule has 0 radical (unpaired) electrons. The minimum atomic E-state index is 0.0345. The van der Waals surface area contributed by atoms with Crippen molar-refractivity contribution in [1.82, 2.24) is 5.32 Å². The van der Waals surface area contributed by atoms with Crippen LogP contribution in [-0.4, -0.2) is 36.2 Å². The van der Waals surface area contributed by atoms with E-state index in [0.717, 1.165) is 36.7 Å². The van der Waals surface area contributed by atoms with Crippen LogP contribution in [0.1, 0.15) is 24.8 Å². The first-order valence-electron chi connectivity index (χ1n) is 7.33. The third-order valence-electron chi connectivity index (χ3n) is 4.28. The second kappa shape index (κ2) is 6.19. The van der Waals surface area contributed by atoms with Crippen molar-refractivity contribution in [3.8, 4) is 0 Å². The molecule has 1 saturated carbocycles. The number of methoxy groups -OCH3 is 1. The predicted octanol–water partition coefficient (Wildman–Crippen LogP) is 2.86. The van der Waals surface area contributed by atoms with Gasteiger partial charge in [-0.25, -0.2) is 0 Å². The third kappa shape index (κ3) is 3.18. The average Bonchev–Trinajstić information content (AvgIpc) is 2.87. The van der Waals surface area contributed by atoms with E-state index in [1.54, 1.807) is 0 Å². The van der Waals surface area contributed by atoms with Crippen molar-refractivity contribution >= 4 is 16.9 Å². The number of thioether (sulfide) groups is 1. The van der Waals surface area contributed by atoms with Gasteiger partial charge in [-0.05, 0) is 31.2 Å². The minimum Gasteiger partial charge on any atom is -0.376 e. The summed E-state index contributed by atoms with van der Waals surface area (Å²) in [6, 6.07) is 11.2. The Balaban J connectivity index is 1.51. The van der Waals surface area contributed by atoms with Crippen molar-refractivity contribution in [2.75, 3.05) is 19.4 Å². The summed E-state index contributed by atoms with van der Waals surface area (Å²) in [6.07, 6.45) is 4.65. The van der Waals surface area contributed by atoms with Crippen LogP contribution >= 0.6 is 11.8 Å². The summed E-state index contributed by atoms with van der Waals surface area (Å²) in [4.78, 5) is 4.72. The maximum absolute atomic E-state index is 5.61. The molecule has 20 heavy (non-hydrogen) atoms. The fourth-order valence-electron chi connectivity index (χ4n) is 2.75. The van der Waals surface area contributed by atoms with Gasteiger partial charge in [0.1, 0.15) is 0 Å². The van der Waals surface area contributed by atoms with Crippen molar-refractivity contribution in [3.05, 3.63) is 35.9 Å². The van der Waals surface area contributed by atoms with Gasteiger partial charge < -0.3 is 10.1 Å². The van der Waals surface area contributed by atoms with E-state index in [0.29, 0.717) is 6.04 Å². The van der Waals surface area contributed by atoms with E-state index in [-0.39, 0.29) is 5.60 Å². The van der Waals surface area contributed by atoms with Crippen LogP contribution in [0, 0.1) is 0 Å². The standard InChI is InChI=1S/C16H22N2OS/c1-19-16(8-5-9-16)12-17-15-18-14(11-20-15)10-13-6-3-2-4-7-13/h2-4,6-7,14H,5,8-12H2,1H3,(H,17,18). The highest BCUT2D eigenvalue weighted by Crippen LogP contribution is 2.35. The van der Waals surface area contributed by atoms with Crippen LogP contribution in [-0.2, 0) is 11.2 Å². The molecule has 0 aromatic heterocycles. The normalized spacial score (nSPS) is 26.2. The number of nitrogens with zero attached hydrogens (tertiary/aromatic N) is 1. The molecule has 2 aliphatic rings. The summed E-state index contributed by atoms with van der Waals surface area (Å²) in [5.74, 6) is 1.10. The van der Waals surface area contributed by atoms with Crippen LogP contribution in [0.25, 0.3) is 0 Å². The molecule has 1 aromatic carbocycles. The topological polar surface area (TPSA) is 33.6 Å². The van der Waals surface area contributed by atoms with E-state index in [1.807, 2.05) is 18.9 Å². The van der Waals surface area contributed by atoms with Crippen LogP contribution in [0.4, 0.5) is 0 Å². The lowest BCUT2D eigenvalue weighted by Crippen LogP contribution is -2.42. The monoisotopic (exact) mass is 290 g/mol. The van der Waals surface area contributed by atoms with Crippen molar-refractivity contribution in [1.29, 1.82) is 0 Å². The zero-order chi connectivity index (χ0) is 13.8. The highest BCUT2D eigenvalue weighted by molar-refractivity contribution is 8.14. The number of nitrogens with one attached hydrogen (secondary N) is 1.